The van der Waals surface area contributed by atoms with E-state index in [4.69, 9.17) is 27.1 Å². The molecule has 2 rings (SSSR count). The molecule has 1 aliphatic heterocycles. The third-order valence-corrected chi connectivity index (χ3v) is 4.32. The normalized spacial score (nSPS) is 15.5. The van der Waals surface area contributed by atoms with E-state index in [0.717, 1.165) is 6.34 Å². The quantitative estimate of drug-likeness (QED) is 0.313. The van der Waals surface area contributed by atoms with Crippen molar-refractivity contribution in [3.05, 3.63) is 24.0 Å². The molecule has 1 aromatic carbocycles. The minimum Gasteiger partial charge on any atom is -0.471 e. The summed E-state index contributed by atoms with van der Waals surface area (Å²) in [5, 5.41) is 13.2. The van der Waals surface area contributed by atoms with Gasteiger partial charge in [0.25, 0.3) is 5.17 Å². The van der Waals surface area contributed by atoms with Crippen LogP contribution in [0.1, 0.15) is 13.8 Å². The molecule has 0 spiro atoms. The summed E-state index contributed by atoms with van der Waals surface area (Å²) >= 11 is 4.96. The van der Waals surface area contributed by atoms with Crippen LogP contribution in [0.4, 0.5) is 20.6 Å². The number of benzene rings is 1. The minimum absolute atomic E-state index is 0.190. The number of carbonyl (C=O) groups excluding carboxylic acids is 2. The largest absolute Gasteiger partial charge is 0.471 e. The fourth-order valence-corrected chi connectivity index (χ4v) is 2.93. The summed E-state index contributed by atoms with van der Waals surface area (Å²) in [6.45, 7) is 4.67. The van der Waals surface area contributed by atoms with Gasteiger partial charge in [-0.05, 0) is 37.3 Å². The van der Waals surface area contributed by atoms with E-state index in [-0.39, 0.29) is 36.4 Å². The second kappa shape index (κ2) is 10.6. The number of carbonyl (C=O) groups is 2. The van der Waals surface area contributed by atoms with E-state index in [0.29, 0.717) is 18.8 Å². The van der Waals surface area contributed by atoms with Crippen molar-refractivity contribution in [3.63, 3.8) is 0 Å². The Kier molecular flexibility index (Phi) is 8.13. The molecule has 0 aromatic heterocycles. The van der Waals surface area contributed by atoms with Crippen molar-refractivity contribution >= 4 is 47.1 Å². The molecule has 0 aliphatic carbocycles. The van der Waals surface area contributed by atoms with Crippen molar-refractivity contribution in [1.29, 1.82) is 5.41 Å². The third kappa shape index (κ3) is 6.28. The number of halogens is 1. The highest BCUT2D eigenvalue weighted by atomic mass is 32.1. The highest BCUT2D eigenvalue weighted by Gasteiger charge is 2.32. The Morgan fingerprint density at radius 1 is 1.52 bits per heavy atom. The van der Waals surface area contributed by atoms with Crippen molar-refractivity contribution < 1.29 is 23.5 Å². The van der Waals surface area contributed by atoms with E-state index in [2.05, 4.69) is 10.6 Å². The summed E-state index contributed by atoms with van der Waals surface area (Å²) in [7, 11) is 0. The van der Waals surface area contributed by atoms with Gasteiger partial charge in [0.2, 0.25) is 5.91 Å². The fraction of sp³-hybridized carbons (Fsp3) is 0.444. The van der Waals surface area contributed by atoms with Crippen molar-refractivity contribution in [1.82, 2.24) is 10.6 Å². The van der Waals surface area contributed by atoms with Gasteiger partial charge in [-0.25, -0.2) is 9.18 Å². The molecule has 0 bridgehead atoms. The van der Waals surface area contributed by atoms with Gasteiger partial charge in [0.15, 0.2) is 0 Å². The van der Waals surface area contributed by atoms with Crippen LogP contribution in [-0.2, 0) is 14.3 Å². The number of cyclic esters (lactones) is 1. The van der Waals surface area contributed by atoms with E-state index in [1.165, 1.54) is 28.9 Å². The number of anilines is 2. The molecule has 2 amide bonds. The molecule has 29 heavy (non-hydrogen) atoms. The molecule has 1 heterocycles. The maximum absolute atomic E-state index is 14.7. The molecular weight excluding hydrogens is 401 g/mol. The van der Waals surface area contributed by atoms with Crippen molar-refractivity contribution in [2.75, 3.05) is 42.6 Å². The zero-order valence-electron chi connectivity index (χ0n) is 16.2. The zero-order valence-corrected chi connectivity index (χ0v) is 17.1. The number of nitrogens with one attached hydrogen (secondary N) is 3. The smallest absolute Gasteiger partial charge is 0.414 e. The molecule has 11 heteroatoms. The highest BCUT2D eigenvalue weighted by Crippen LogP contribution is 2.27. The van der Waals surface area contributed by atoms with Crippen LogP contribution in [-0.4, -0.2) is 62.4 Å². The molecule has 0 saturated carbocycles. The van der Waals surface area contributed by atoms with Gasteiger partial charge in [-0.2, -0.15) is 0 Å². The fourth-order valence-electron chi connectivity index (χ4n) is 2.71. The molecule has 1 aromatic rings. The van der Waals surface area contributed by atoms with E-state index in [1.807, 2.05) is 6.92 Å². The number of thiocarbonyl (C=S) groups is 1. The van der Waals surface area contributed by atoms with Gasteiger partial charge in [0.1, 0.15) is 11.9 Å². The average molecular weight is 425 g/mol. The summed E-state index contributed by atoms with van der Waals surface area (Å²) in [5.74, 6) is -0.811. The molecule has 1 unspecified atom stereocenters. The lowest BCUT2D eigenvalue weighted by atomic mass is 10.2. The van der Waals surface area contributed by atoms with Crippen molar-refractivity contribution in [2.45, 2.75) is 20.0 Å². The third-order valence-electron chi connectivity index (χ3n) is 4.06. The van der Waals surface area contributed by atoms with Crippen LogP contribution >= 0.6 is 12.2 Å². The Hall–Kier alpha value is -2.95. The first-order valence-corrected chi connectivity index (χ1v) is 9.46. The number of rotatable bonds is 9. The summed E-state index contributed by atoms with van der Waals surface area (Å²) in [4.78, 5) is 25.8. The minimum atomic E-state index is -0.606. The second-order valence-corrected chi connectivity index (χ2v) is 6.53. The van der Waals surface area contributed by atoms with Crippen LogP contribution in [0.5, 0.6) is 0 Å². The van der Waals surface area contributed by atoms with Gasteiger partial charge in [-0.3, -0.25) is 15.1 Å². The van der Waals surface area contributed by atoms with Gasteiger partial charge in [-0.15, -0.1) is 0 Å². The first-order chi connectivity index (χ1) is 13.8. The topological polar surface area (TPSA) is 107 Å². The van der Waals surface area contributed by atoms with Crippen molar-refractivity contribution in [3.8, 4) is 0 Å². The van der Waals surface area contributed by atoms with Crippen LogP contribution in [0.2, 0.25) is 0 Å². The summed E-state index contributed by atoms with van der Waals surface area (Å²) in [6, 6.07) is 4.28. The Balaban J connectivity index is 2.01. The second-order valence-electron chi connectivity index (χ2n) is 6.16. The first kappa shape index (κ1) is 22.3. The Bertz CT molecular complexity index is 779. The monoisotopic (exact) mass is 425 g/mol. The lowest BCUT2D eigenvalue weighted by Gasteiger charge is -2.22. The summed E-state index contributed by atoms with van der Waals surface area (Å²) in [5.41, 5.74) is 0.525. The molecule has 1 aliphatic rings. The molecule has 3 N–H and O–H groups in total. The first-order valence-electron chi connectivity index (χ1n) is 9.05. The number of hydrogen-bond acceptors (Lipinski definition) is 6. The standard InChI is InChI=1S/C18H24FN5O4S/c1-3-27-17(29)21-6-7-23(11-20)16-5-4-13(8-15(16)19)24-10-14(28-18(24)26)9-22-12(2)25/h4-5,8,11,14,20H,3,6-7,9-10H2,1-2H3,(H,21,29)(H,22,25). The number of nitrogens with zero attached hydrogens (tertiary/aromatic N) is 2. The van der Waals surface area contributed by atoms with Crippen LogP contribution < -0.4 is 20.4 Å². The van der Waals surface area contributed by atoms with Crippen LogP contribution in [0.15, 0.2) is 18.2 Å². The van der Waals surface area contributed by atoms with E-state index in [1.54, 1.807) is 6.07 Å². The molecule has 1 fully saturated rings. The van der Waals surface area contributed by atoms with Gasteiger partial charge < -0.3 is 25.0 Å². The van der Waals surface area contributed by atoms with Crippen LogP contribution in [0, 0.1) is 11.2 Å². The van der Waals surface area contributed by atoms with Crippen molar-refractivity contribution in [2.24, 2.45) is 0 Å². The van der Waals surface area contributed by atoms with Gasteiger partial charge in [0.05, 0.1) is 37.4 Å². The number of hydrogen-bond donors (Lipinski definition) is 3. The molecule has 1 atom stereocenters. The molecule has 9 nitrogen and oxygen atoms in total. The zero-order chi connectivity index (χ0) is 21.4. The Labute approximate surface area is 173 Å². The molecule has 158 valence electrons. The summed E-state index contributed by atoms with van der Waals surface area (Å²) in [6.07, 6.45) is -0.102. The van der Waals surface area contributed by atoms with Crippen LogP contribution in [0.25, 0.3) is 0 Å². The SMILES string of the molecule is CCOC(=S)NCCN(C=N)c1ccc(N2CC(CNC(C)=O)OC2=O)cc1F. The maximum atomic E-state index is 14.7. The highest BCUT2D eigenvalue weighted by molar-refractivity contribution is 7.80. The lowest BCUT2D eigenvalue weighted by molar-refractivity contribution is -0.119. The number of amides is 2. The number of ether oxygens (including phenoxy) is 2. The average Bonchev–Trinajstić information content (AvgIpc) is 3.05. The predicted octanol–water partition coefficient (Wildman–Crippen LogP) is 1.61. The lowest BCUT2D eigenvalue weighted by Crippen LogP contribution is -2.35. The summed E-state index contributed by atoms with van der Waals surface area (Å²) < 4.78 is 25.0. The molecular formula is C18H24FN5O4S. The Morgan fingerprint density at radius 3 is 2.90 bits per heavy atom. The van der Waals surface area contributed by atoms with Gasteiger partial charge >= 0.3 is 6.09 Å². The van der Waals surface area contributed by atoms with E-state index in [9.17, 15) is 14.0 Å². The predicted molar refractivity (Wildman–Crippen MR) is 111 cm³/mol. The van der Waals surface area contributed by atoms with Gasteiger partial charge in [-0.1, -0.05) is 0 Å². The maximum Gasteiger partial charge on any atom is 0.414 e. The van der Waals surface area contributed by atoms with Gasteiger partial charge in [0, 0.05) is 20.0 Å². The van der Waals surface area contributed by atoms with Crippen LogP contribution in [0.3, 0.4) is 0 Å². The molecule has 0 radical (unpaired) electrons. The van der Waals surface area contributed by atoms with E-state index < -0.39 is 18.0 Å². The molecule has 1 saturated heterocycles. The van der Waals surface area contributed by atoms with E-state index >= 15 is 0 Å². The Morgan fingerprint density at radius 2 is 2.28 bits per heavy atom.